The molecule has 1 atom stereocenters. The van der Waals surface area contributed by atoms with Crippen LogP contribution in [0.5, 0.6) is 0 Å². The molecule has 0 saturated heterocycles. The summed E-state index contributed by atoms with van der Waals surface area (Å²) in [7, 11) is 0. The van der Waals surface area contributed by atoms with Gasteiger partial charge < -0.3 is 10.6 Å². The van der Waals surface area contributed by atoms with E-state index in [-0.39, 0.29) is 17.6 Å². The van der Waals surface area contributed by atoms with E-state index in [9.17, 15) is 10.1 Å². The van der Waals surface area contributed by atoms with Crippen LogP contribution in [0.25, 0.3) is 0 Å². The van der Waals surface area contributed by atoms with E-state index in [1.165, 1.54) is 23.1 Å². The average Bonchev–Trinajstić information content (AvgIpc) is 3.00. The predicted octanol–water partition coefficient (Wildman–Crippen LogP) is 3.74. The number of anilines is 2. The summed E-state index contributed by atoms with van der Waals surface area (Å²) in [5, 5.41) is 24.1. The summed E-state index contributed by atoms with van der Waals surface area (Å²) >= 11 is 2.70. The fourth-order valence-electron chi connectivity index (χ4n) is 1.92. The molecule has 8 heteroatoms. The number of aryl methyl sites for hydroxylation is 1. The van der Waals surface area contributed by atoms with Crippen molar-refractivity contribution >= 4 is 39.8 Å². The van der Waals surface area contributed by atoms with Crippen LogP contribution in [0, 0.1) is 24.2 Å². The summed E-state index contributed by atoms with van der Waals surface area (Å²) in [6.45, 7) is 7.57. The van der Waals surface area contributed by atoms with Crippen molar-refractivity contribution in [1.29, 1.82) is 5.26 Å². The van der Waals surface area contributed by atoms with Crippen molar-refractivity contribution in [3.05, 3.63) is 29.8 Å². The van der Waals surface area contributed by atoms with Gasteiger partial charge in [-0.2, -0.15) is 5.26 Å². The first-order valence-corrected chi connectivity index (χ1v) is 9.65. The van der Waals surface area contributed by atoms with E-state index in [1.54, 1.807) is 6.92 Å². The third kappa shape index (κ3) is 5.44. The van der Waals surface area contributed by atoms with Crippen molar-refractivity contribution < 1.29 is 4.79 Å². The number of hydrogen-bond acceptors (Lipinski definition) is 7. The number of nitrogens with zero attached hydrogens (tertiary/aromatic N) is 3. The zero-order valence-electron chi connectivity index (χ0n) is 14.7. The molecular weight excluding hydrogens is 354 g/mol. The lowest BCUT2D eigenvalue weighted by Gasteiger charge is -2.27. The van der Waals surface area contributed by atoms with Crippen LogP contribution >= 0.6 is 23.1 Å². The van der Waals surface area contributed by atoms with Crippen molar-refractivity contribution in [3.8, 4) is 6.07 Å². The van der Waals surface area contributed by atoms with Gasteiger partial charge >= 0.3 is 0 Å². The lowest BCUT2D eigenvalue weighted by Crippen LogP contribution is -2.49. The van der Waals surface area contributed by atoms with Crippen molar-refractivity contribution in [2.24, 2.45) is 5.92 Å². The maximum Gasteiger partial charge on any atom is 0.231 e. The molecule has 2 aromatic rings. The van der Waals surface area contributed by atoms with E-state index in [0.717, 1.165) is 11.3 Å². The molecule has 0 aliphatic heterocycles. The molecule has 0 bridgehead atoms. The number of hydrogen-bond donors (Lipinski definition) is 2. The molecule has 0 unspecified atom stereocenters. The Morgan fingerprint density at radius 3 is 2.84 bits per heavy atom. The highest BCUT2D eigenvalue weighted by Crippen LogP contribution is 2.28. The monoisotopic (exact) mass is 375 g/mol. The Balaban J connectivity index is 1.89. The highest BCUT2D eigenvalue weighted by atomic mass is 32.2. The fourth-order valence-corrected chi connectivity index (χ4v) is 3.49. The zero-order chi connectivity index (χ0) is 18.4. The summed E-state index contributed by atoms with van der Waals surface area (Å²) in [4.78, 5) is 12.1. The van der Waals surface area contributed by atoms with Crippen molar-refractivity contribution in [1.82, 2.24) is 15.5 Å². The molecule has 2 N–H and O–H groups in total. The molecule has 1 aromatic heterocycles. The maximum atomic E-state index is 12.1. The van der Waals surface area contributed by atoms with Crippen LogP contribution in [0.15, 0.2) is 28.6 Å². The van der Waals surface area contributed by atoms with Gasteiger partial charge in [-0.3, -0.25) is 4.79 Å². The molecule has 0 aliphatic rings. The summed E-state index contributed by atoms with van der Waals surface area (Å²) in [6.07, 6.45) is 0. The molecule has 1 aromatic carbocycles. The van der Waals surface area contributed by atoms with Crippen LogP contribution < -0.4 is 10.6 Å². The minimum atomic E-state index is -0.864. The van der Waals surface area contributed by atoms with Crippen molar-refractivity contribution in [3.63, 3.8) is 0 Å². The van der Waals surface area contributed by atoms with Gasteiger partial charge in [0.1, 0.15) is 5.54 Å². The summed E-state index contributed by atoms with van der Waals surface area (Å²) < 4.78 is 0.702. The lowest BCUT2D eigenvalue weighted by molar-refractivity contribution is -0.120. The van der Waals surface area contributed by atoms with Gasteiger partial charge in [0.25, 0.3) is 0 Å². The van der Waals surface area contributed by atoms with Gasteiger partial charge in [-0.25, -0.2) is 0 Å². The average molecular weight is 376 g/mol. The second kappa shape index (κ2) is 8.32. The molecule has 2 rings (SSSR count). The maximum absolute atomic E-state index is 12.1. The lowest BCUT2D eigenvalue weighted by atomic mass is 9.90. The van der Waals surface area contributed by atoms with Crippen LogP contribution in [0.4, 0.5) is 10.8 Å². The summed E-state index contributed by atoms with van der Waals surface area (Å²) in [6, 6.07) is 10.1. The number of rotatable bonds is 7. The van der Waals surface area contributed by atoms with Crippen LogP contribution in [0.3, 0.4) is 0 Å². The van der Waals surface area contributed by atoms with Gasteiger partial charge in [0.15, 0.2) is 4.34 Å². The quantitative estimate of drug-likeness (QED) is 0.717. The number of aromatic nitrogens is 2. The molecule has 0 radical (unpaired) electrons. The third-order valence-corrected chi connectivity index (χ3v) is 5.76. The Hall–Kier alpha value is -2.11. The molecule has 6 nitrogen and oxygen atoms in total. The molecule has 0 saturated carbocycles. The fraction of sp³-hybridized carbons (Fsp3) is 0.412. The Morgan fingerprint density at radius 2 is 2.20 bits per heavy atom. The van der Waals surface area contributed by atoms with Gasteiger partial charge in [0.05, 0.1) is 11.8 Å². The van der Waals surface area contributed by atoms with E-state index in [0.29, 0.717) is 9.47 Å². The predicted molar refractivity (Wildman–Crippen MR) is 102 cm³/mol. The minimum absolute atomic E-state index is 0.0260. The van der Waals surface area contributed by atoms with Crippen LogP contribution in [0.2, 0.25) is 0 Å². The van der Waals surface area contributed by atoms with E-state index >= 15 is 0 Å². The van der Waals surface area contributed by atoms with Crippen molar-refractivity contribution in [2.75, 3.05) is 11.1 Å². The largest absolute Gasteiger partial charge is 0.337 e. The number of amides is 1. The minimum Gasteiger partial charge on any atom is -0.337 e. The van der Waals surface area contributed by atoms with E-state index < -0.39 is 5.54 Å². The number of thioether (sulfide) groups is 1. The SMILES string of the molecule is Cc1cccc(Nc2nnc(SCC(=O)N[C@@](C)(C#N)C(C)C)s2)c1. The first-order valence-electron chi connectivity index (χ1n) is 7.84. The number of nitriles is 1. The number of benzene rings is 1. The van der Waals surface area contributed by atoms with E-state index in [4.69, 9.17) is 0 Å². The van der Waals surface area contributed by atoms with Gasteiger partial charge in [0, 0.05) is 5.69 Å². The van der Waals surface area contributed by atoms with Crippen LogP contribution in [-0.4, -0.2) is 27.4 Å². The Bertz CT molecular complexity index is 783. The number of nitrogens with one attached hydrogen (secondary N) is 2. The smallest absolute Gasteiger partial charge is 0.231 e. The number of carbonyl (C=O) groups excluding carboxylic acids is 1. The topological polar surface area (TPSA) is 90.7 Å². The highest BCUT2D eigenvalue weighted by molar-refractivity contribution is 8.01. The molecule has 1 amide bonds. The highest BCUT2D eigenvalue weighted by Gasteiger charge is 2.29. The van der Waals surface area contributed by atoms with Gasteiger partial charge in [0.2, 0.25) is 11.0 Å². The first kappa shape index (κ1) is 19.2. The standard InChI is InChI=1S/C17H21N5OS2/c1-11(2)17(4,10-18)20-14(23)9-24-16-22-21-15(25-16)19-13-7-5-6-12(3)8-13/h5-8,11H,9H2,1-4H3,(H,19,21)(H,20,23)/t17-/m0/s1. The number of carbonyl (C=O) groups is 1. The van der Waals surface area contributed by atoms with Crippen LogP contribution in [-0.2, 0) is 4.79 Å². The Morgan fingerprint density at radius 1 is 1.44 bits per heavy atom. The Kier molecular flexibility index (Phi) is 6.39. The summed E-state index contributed by atoms with van der Waals surface area (Å²) in [5.74, 6) is 0.0348. The van der Waals surface area contributed by atoms with E-state index in [2.05, 4.69) is 26.9 Å². The first-order chi connectivity index (χ1) is 11.8. The second-order valence-corrected chi connectivity index (χ2v) is 8.37. The molecule has 0 fully saturated rings. The van der Waals surface area contributed by atoms with Gasteiger partial charge in [-0.05, 0) is 37.5 Å². The van der Waals surface area contributed by atoms with Crippen LogP contribution in [0.1, 0.15) is 26.3 Å². The normalized spacial score (nSPS) is 13.1. The Labute approximate surface area is 156 Å². The van der Waals surface area contributed by atoms with Crippen molar-refractivity contribution in [2.45, 2.75) is 37.6 Å². The molecule has 132 valence electrons. The molecule has 0 aliphatic carbocycles. The zero-order valence-corrected chi connectivity index (χ0v) is 16.3. The molecular formula is C17H21N5OS2. The van der Waals surface area contributed by atoms with E-state index in [1.807, 2.05) is 45.0 Å². The molecule has 1 heterocycles. The van der Waals surface area contributed by atoms with Gasteiger partial charge in [-0.1, -0.05) is 49.1 Å². The molecule has 25 heavy (non-hydrogen) atoms. The van der Waals surface area contributed by atoms with Gasteiger partial charge in [-0.15, -0.1) is 10.2 Å². The molecule has 0 spiro atoms. The third-order valence-electron chi connectivity index (χ3n) is 3.79. The summed E-state index contributed by atoms with van der Waals surface area (Å²) in [5.41, 5.74) is 1.25. The second-order valence-electron chi connectivity index (χ2n) is 6.17.